The molecule has 0 atom stereocenters. The average molecular weight is 336 g/mol. The minimum Gasteiger partial charge on any atom is -0.512 e. The Morgan fingerprint density at radius 3 is 2.88 bits per heavy atom. The van der Waals surface area contributed by atoms with Crippen LogP contribution >= 0.6 is 0 Å². The van der Waals surface area contributed by atoms with E-state index in [-0.39, 0.29) is 16.6 Å². The Kier molecular flexibility index (Phi) is 3.98. The van der Waals surface area contributed by atoms with E-state index in [0.717, 1.165) is 0 Å². The third-order valence-corrected chi connectivity index (χ3v) is 3.81. The minimum atomic E-state index is -1.13. The van der Waals surface area contributed by atoms with Crippen molar-refractivity contribution in [2.24, 2.45) is 12.1 Å². The van der Waals surface area contributed by atoms with Gasteiger partial charge < -0.3 is 14.5 Å². The molecule has 0 unspecified atom stereocenters. The fourth-order valence-corrected chi connectivity index (χ4v) is 2.57. The van der Waals surface area contributed by atoms with E-state index in [1.54, 1.807) is 6.07 Å². The zero-order chi connectivity index (χ0) is 18.1. The largest absolute Gasteiger partial charge is 0.512 e. The molecule has 0 fully saturated rings. The molecule has 1 aromatic carbocycles. The zero-order valence-electron chi connectivity index (χ0n) is 13.6. The summed E-state index contributed by atoms with van der Waals surface area (Å²) in [5.74, 6) is -1.13. The first-order chi connectivity index (χ1) is 11.9. The third kappa shape index (κ3) is 2.94. The summed E-state index contributed by atoms with van der Waals surface area (Å²) in [6, 6.07) is 8.51. The lowest BCUT2D eigenvalue weighted by molar-refractivity contribution is -0.454. The molecule has 1 N–H and O–H groups in total. The number of fused-ring (bicyclic) bond motifs is 1. The molecule has 0 aliphatic carbocycles. The lowest BCUT2D eigenvalue weighted by Crippen LogP contribution is -2.21. The van der Waals surface area contributed by atoms with E-state index in [0.29, 0.717) is 16.9 Å². The highest BCUT2D eigenvalue weighted by molar-refractivity contribution is 5.91. The number of carbonyl (C=O) groups is 1. The summed E-state index contributed by atoms with van der Waals surface area (Å²) in [6.07, 6.45) is 4.54. The van der Waals surface area contributed by atoms with Crippen molar-refractivity contribution in [1.29, 1.82) is 0 Å². The van der Waals surface area contributed by atoms with Crippen molar-refractivity contribution in [2.45, 2.75) is 0 Å². The normalized spacial score (nSPS) is 13.7. The summed E-state index contributed by atoms with van der Waals surface area (Å²) in [4.78, 5) is 23.4. The lowest BCUT2D eigenvalue weighted by Gasteiger charge is -2.22. The molecule has 0 saturated heterocycles. The van der Waals surface area contributed by atoms with E-state index in [1.165, 1.54) is 27.9 Å². The first-order valence-corrected chi connectivity index (χ1v) is 7.39. The van der Waals surface area contributed by atoms with Crippen LogP contribution in [0.25, 0.3) is 0 Å². The van der Waals surface area contributed by atoms with Crippen molar-refractivity contribution >= 4 is 30.8 Å². The zero-order valence-corrected chi connectivity index (χ0v) is 13.6. The summed E-state index contributed by atoms with van der Waals surface area (Å²) in [5.41, 5.74) is 1.58. The Labute approximate surface area is 143 Å². The highest BCUT2D eigenvalue weighted by atomic mass is 16.4. The Hall–Kier alpha value is -3.61. The maximum Gasteiger partial charge on any atom is 0.270 e. The minimum absolute atomic E-state index is 0.0150. The van der Waals surface area contributed by atoms with Gasteiger partial charge in [0.1, 0.15) is 18.6 Å². The number of carboxylic acids is 1. The van der Waals surface area contributed by atoms with E-state index in [9.17, 15) is 14.7 Å². The molecule has 0 amide bonds. The molecular weight excluding hydrogens is 320 g/mol. The Morgan fingerprint density at radius 2 is 2.20 bits per heavy atom. The molecule has 1 aliphatic heterocycles. The lowest BCUT2D eigenvalue weighted by atomic mass is 9.99. The van der Waals surface area contributed by atoms with Gasteiger partial charge in [-0.25, -0.2) is 4.58 Å². The quantitative estimate of drug-likeness (QED) is 0.391. The van der Waals surface area contributed by atoms with Gasteiger partial charge in [-0.05, 0) is 12.1 Å². The van der Waals surface area contributed by atoms with Gasteiger partial charge in [-0.3, -0.25) is 4.79 Å². The first kappa shape index (κ1) is 16.3. The van der Waals surface area contributed by atoms with Crippen LogP contribution in [-0.2, 0) is 11.8 Å². The van der Waals surface area contributed by atoms with Gasteiger partial charge in [0.15, 0.2) is 11.2 Å². The molecule has 25 heavy (non-hydrogen) atoms. The topological polar surface area (TPSA) is 77.7 Å². The second-order valence-corrected chi connectivity index (χ2v) is 5.52. The van der Waals surface area contributed by atoms with Crippen LogP contribution in [0.15, 0.2) is 58.2 Å². The molecule has 0 radical (unpaired) electrons. The van der Waals surface area contributed by atoms with Gasteiger partial charge in [-0.15, -0.1) is 17.2 Å². The van der Waals surface area contributed by atoms with Crippen LogP contribution in [0.1, 0.15) is 5.56 Å². The van der Waals surface area contributed by atoms with Crippen LogP contribution in [0.4, 0.5) is 11.4 Å². The Morgan fingerprint density at radius 1 is 1.44 bits per heavy atom. The van der Waals surface area contributed by atoms with Gasteiger partial charge in [-0.2, -0.15) is 0 Å². The molecule has 1 aromatic heterocycles. The van der Waals surface area contributed by atoms with E-state index >= 15 is 0 Å². The molecule has 7 nitrogen and oxygen atoms in total. The molecule has 126 valence electrons. The molecule has 7 heteroatoms. The van der Waals surface area contributed by atoms with Crippen molar-refractivity contribution in [1.82, 2.24) is 4.57 Å². The second-order valence-electron chi connectivity index (χ2n) is 5.52. The standard InChI is InChI=1S/C18H16N4O3/c1-20-9-5-4-6-16(20)19-22(3)14-7-8-15(23)13-10-12(18(24)25)11-21(2)17(13)14/h4-11H,2-3H2,1H3,(H,24,25)/b19-16-. The van der Waals surface area contributed by atoms with Crippen LogP contribution in [-0.4, -0.2) is 38.3 Å². The molecule has 2 aromatic rings. The van der Waals surface area contributed by atoms with Gasteiger partial charge in [0.05, 0.1) is 6.72 Å². The van der Waals surface area contributed by atoms with Crippen molar-refractivity contribution in [3.05, 3.63) is 76.0 Å². The fraction of sp³-hybridized carbons (Fsp3) is 0.0556. The molecule has 1 aliphatic rings. The van der Waals surface area contributed by atoms with Crippen LogP contribution in [0.5, 0.6) is 0 Å². The second kappa shape index (κ2) is 6.12. The van der Waals surface area contributed by atoms with Crippen molar-refractivity contribution in [3.8, 4) is 0 Å². The van der Waals surface area contributed by atoms with Crippen LogP contribution in [0.3, 0.4) is 0 Å². The van der Waals surface area contributed by atoms with E-state index in [1.807, 2.05) is 36.0 Å². The van der Waals surface area contributed by atoms with Crippen molar-refractivity contribution in [2.75, 3.05) is 0 Å². The Balaban J connectivity index is 2.16. The molecule has 3 rings (SSSR count). The summed E-state index contributed by atoms with van der Waals surface area (Å²) < 4.78 is 4.57. The summed E-state index contributed by atoms with van der Waals surface area (Å²) in [6.45, 7) is 7.73. The number of carboxylic acid groups (broad SMARTS) is 1. The number of nitrogens with zero attached hydrogens (tertiary/aromatic N) is 4. The summed E-state index contributed by atoms with van der Waals surface area (Å²) in [7, 11) is 1.85. The number of aromatic nitrogens is 1. The van der Waals surface area contributed by atoms with Gasteiger partial charge in [0.2, 0.25) is 0 Å². The number of hydrogen-bond acceptors (Lipinski definition) is 3. The van der Waals surface area contributed by atoms with Gasteiger partial charge >= 0.3 is 0 Å². The molecular formula is C18H16N4O3. The average Bonchev–Trinajstić information content (AvgIpc) is 2.57. The first-order valence-electron chi connectivity index (χ1n) is 7.39. The molecule has 2 heterocycles. The number of aliphatic carboxylic acids is 1. The van der Waals surface area contributed by atoms with Crippen molar-refractivity contribution in [3.63, 3.8) is 0 Å². The van der Waals surface area contributed by atoms with Gasteiger partial charge in [0.25, 0.3) is 5.97 Å². The third-order valence-electron chi connectivity index (χ3n) is 3.81. The fourth-order valence-electron chi connectivity index (χ4n) is 2.57. The summed E-state index contributed by atoms with van der Waals surface area (Å²) in [5, 5.41) is 13.6. The smallest absolute Gasteiger partial charge is 0.270 e. The van der Waals surface area contributed by atoms with Crippen LogP contribution in [0, 0.1) is 6.42 Å². The van der Waals surface area contributed by atoms with E-state index < -0.39 is 5.97 Å². The number of hydrogen-bond donors (Lipinski definition) is 1. The highest BCUT2D eigenvalue weighted by Gasteiger charge is 2.22. The predicted octanol–water partition coefficient (Wildman–Crippen LogP) is 0.844. The highest BCUT2D eigenvalue weighted by Crippen LogP contribution is 2.34. The number of rotatable bonds is 3. The molecule has 0 spiro atoms. The van der Waals surface area contributed by atoms with Crippen molar-refractivity contribution < 1.29 is 19.2 Å². The number of pyridine rings is 1. The molecule has 0 saturated carbocycles. The van der Waals surface area contributed by atoms with E-state index in [4.69, 9.17) is 0 Å². The van der Waals surface area contributed by atoms with Gasteiger partial charge in [-0.1, -0.05) is 17.7 Å². The molecule has 0 bridgehead atoms. The van der Waals surface area contributed by atoms with E-state index in [2.05, 4.69) is 18.5 Å². The van der Waals surface area contributed by atoms with Crippen LogP contribution in [0.2, 0.25) is 0 Å². The number of aryl methyl sites for hydroxylation is 1. The Bertz CT molecular complexity index is 1070. The van der Waals surface area contributed by atoms with Gasteiger partial charge in [0, 0.05) is 29.3 Å². The monoisotopic (exact) mass is 336 g/mol. The van der Waals surface area contributed by atoms with Crippen LogP contribution < -0.4 is 10.9 Å². The maximum absolute atomic E-state index is 12.2. The predicted molar refractivity (Wildman–Crippen MR) is 92.5 cm³/mol. The maximum atomic E-state index is 12.2. The number of benzene rings is 1. The summed E-state index contributed by atoms with van der Waals surface area (Å²) >= 11 is 0. The SMILES string of the molecule is C=[N+]1C=C(C(=O)O)[CH-]c2c1[c-]([N+](=C)/N=c1/ccccn1C)ccc2=O.